The highest BCUT2D eigenvalue weighted by Gasteiger charge is 2.17. The third kappa shape index (κ3) is 10.7. The smallest absolute Gasteiger partial charge is 0.0482 e. The first-order valence-electron chi connectivity index (χ1n) is 21.7. The molecule has 0 aliphatic heterocycles. The lowest BCUT2D eigenvalue weighted by Crippen LogP contribution is -2.13. The van der Waals surface area contributed by atoms with Crippen molar-refractivity contribution in [2.24, 2.45) is 0 Å². The van der Waals surface area contributed by atoms with Gasteiger partial charge >= 0.3 is 0 Å². The van der Waals surface area contributed by atoms with E-state index >= 15 is 0 Å². The van der Waals surface area contributed by atoms with Gasteiger partial charge in [0.1, 0.15) is 0 Å². The van der Waals surface area contributed by atoms with Crippen LogP contribution in [0.2, 0.25) is 0 Å². The molecule has 9 aromatic carbocycles. The number of benzene rings is 9. The molecule has 0 fully saturated rings. The molecule has 0 radical (unpaired) electrons. The van der Waals surface area contributed by atoms with Crippen molar-refractivity contribution in [3.05, 3.63) is 287 Å². The Balaban J connectivity index is 1.08. The number of hydrogen-bond acceptors (Lipinski definition) is 2. The molecule has 0 unspecified atom stereocenters. The van der Waals surface area contributed by atoms with E-state index in [0.717, 1.165) is 56.4 Å². The van der Waals surface area contributed by atoms with E-state index in [-0.39, 0.29) is 0 Å². The quantitative estimate of drug-likeness (QED) is 0.101. The van der Waals surface area contributed by atoms with Crippen molar-refractivity contribution in [2.45, 2.75) is 0 Å². The first-order chi connectivity index (χ1) is 31.7. The first kappa shape index (κ1) is 40.9. The van der Waals surface area contributed by atoms with Crippen molar-refractivity contribution >= 4 is 82.7 Å². The van der Waals surface area contributed by atoms with Crippen LogP contribution in [0, 0.1) is 0 Å². The van der Waals surface area contributed by atoms with Gasteiger partial charge in [-0.25, -0.2) is 0 Å². The molecule has 0 atom stereocenters. The second-order valence-corrected chi connectivity index (χ2v) is 15.5. The first-order valence-corrected chi connectivity index (χ1v) is 21.7. The van der Waals surface area contributed by atoms with E-state index in [1.807, 2.05) is 24.3 Å². The molecule has 0 saturated carbocycles. The van der Waals surface area contributed by atoms with Crippen LogP contribution in [-0.2, 0) is 0 Å². The molecule has 0 heterocycles. The second-order valence-electron chi connectivity index (χ2n) is 15.5. The van der Waals surface area contributed by atoms with Gasteiger partial charge in [-0.05, 0) is 111 Å². The van der Waals surface area contributed by atoms with Gasteiger partial charge in [0, 0.05) is 34.1 Å². The summed E-state index contributed by atoms with van der Waals surface area (Å²) in [5, 5.41) is 0. The predicted molar refractivity (Wildman–Crippen MR) is 277 cm³/mol. The summed E-state index contributed by atoms with van der Waals surface area (Å²) in [4.78, 5) is 4.68. The molecule has 9 aromatic rings. The van der Waals surface area contributed by atoms with Crippen LogP contribution in [0.5, 0.6) is 0 Å². The van der Waals surface area contributed by atoms with Gasteiger partial charge < -0.3 is 9.80 Å². The van der Waals surface area contributed by atoms with E-state index in [2.05, 4.69) is 277 Å². The number of hydrogen-bond donors (Lipinski definition) is 0. The molecule has 0 spiro atoms. The van der Waals surface area contributed by atoms with Crippen LogP contribution >= 0.6 is 0 Å². The predicted octanol–water partition coefficient (Wildman–Crippen LogP) is 17.3. The Morgan fingerprint density at radius 3 is 0.594 bits per heavy atom. The lowest BCUT2D eigenvalue weighted by atomic mass is 10.1. The fraction of sp³-hybridized carbons (Fsp3) is 0. The molecule has 0 aliphatic rings. The molecule has 0 saturated heterocycles. The van der Waals surface area contributed by atoms with E-state index in [4.69, 9.17) is 0 Å². The molecule has 0 aliphatic carbocycles. The molecule has 0 N–H and O–H groups in total. The fourth-order valence-corrected chi connectivity index (χ4v) is 7.63. The van der Waals surface area contributed by atoms with Crippen LogP contribution in [0.15, 0.2) is 243 Å². The van der Waals surface area contributed by atoms with E-state index in [1.165, 1.54) is 22.3 Å². The zero-order valence-electron chi connectivity index (χ0n) is 35.6. The molecule has 0 aromatic heterocycles. The Kier molecular flexibility index (Phi) is 13.0. The lowest BCUT2D eigenvalue weighted by Gasteiger charge is -2.29. The van der Waals surface area contributed by atoms with E-state index < -0.39 is 0 Å². The van der Waals surface area contributed by atoms with Crippen molar-refractivity contribution in [3.63, 3.8) is 0 Å². The topological polar surface area (TPSA) is 6.48 Å². The van der Waals surface area contributed by atoms with E-state index in [0.29, 0.717) is 0 Å². The number of rotatable bonds is 14. The maximum atomic E-state index is 2.34. The lowest BCUT2D eigenvalue weighted by molar-refractivity contribution is 1.25. The maximum absolute atomic E-state index is 2.34. The van der Waals surface area contributed by atoms with Gasteiger partial charge in [0.05, 0.1) is 0 Å². The van der Waals surface area contributed by atoms with Gasteiger partial charge in [0.15, 0.2) is 0 Å². The summed E-state index contributed by atoms with van der Waals surface area (Å²) in [5.74, 6) is 0. The highest BCUT2D eigenvalue weighted by molar-refractivity contribution is 5.85. The molecule has 0 bridgehead atoms. The summed E-state index contributed by atoms with van der Waals surface area (Å²) in [6.07, 6.45) is 17.3. The van der Waals surface area contributed by atoms with Crippen LogP contribution in [0.4, 0.5) is 34.1 Å². The van der Waals surface area contributed by atoms with Crippen LogP contribution in [0.25, 0.3) is 48.6 Å². The third-order valence-corrected chi connectivity index (χ3v) is 11.0. The molecule has 0 amide bonds. The van der Waals surface area contributed by atoms with Gasteiger partial charge in [-0.2, -0.15) is 0 Å². The Labute approximate surface area is 378 Å². The largest absolute Gasteiger partial charge is 0.310 e. The van der Waals surface area contributed by atoms with Crippen LogP contribution in [-0.4, -0.2) is 0 Å². The Hall–Kier alpha value is -8.46. The minimum atomic E-state index is 1.05. The van der Waals surface area contributed by atoms with E-state index in [9.17, 15) is 0 Å². The van der Waals surface area contributed by atoms with Crippen LogP contribution < -0.4 is 9.80 Å². The highest BCUT2D eigenvalue weighted by Crippen LogP contribution is 2.41. The van der Waals surface area contributed by atoms with Crippen molar-refractivity contribution in [3.8, 4) is 0 Å². The molecule has 9 rings (SSSR count). The van der Waals surface area contributed by atoms with Gasteiger partial charge in [-0.1, -0.05) is 225 Å². The zero-order chi connectivity index (χ0) is 43.2. The average Bonchev–Trinajstić information content (AvgIpc) is 3.37. The molecule has 2 heteroatoms. The highest BCUT2D eigenvalue weighted by atomic mass is 15.2. The SMILES string of the molecule is C(=Cc1ccc(N(c2ccc(C=Cc3ccccc3)cc2)c2cccc(N(c3ccc(C=Cc4ccccc4)cc3)c3ccc(C=Cc4ccccc4)cc3)c2)cc1)c1ccccc1. The molecular formula is C62H48N2. The van der Waals surface area contributed by atoms with Crippen LogP contribution in [0.1, 0.15) is 44.5 Å². The number of anilines is 6. The Morgan fingerprint density at radius 2 is 0.375 bits per heavy atom. The normalized spacial score (nSPS) is 11.5. The minimum absolute atomic E-state index is 1.05. The molecular weight excluding hydrogens is 773 g/mol. The van der Waals surface area contributed by atoms with Crippen molar-refractivity contribution in [1.29, 1.82) is 0 Å². The summed E-state index contributed by atoms with van der Waals surface area (Å²) in [7, 11) is 0. The maximum Gasteiger partial charge on any atom is 0.0482 e. The Morgan fingerprint density at radius 1 is 0.172 bits per heavy atom. The Bertz CT molecular complexity index is 2580. The van der Waals surface area contributed by atoms with Gasteiger partial charge in [0.25, 0.3) is 0 Å². The van der Waals surface area contributed by atoms with Gasteiger partial charge in [0.2, 0.25) is 0 Å². The van der Waals surface area contributed by atoms with Gasteiger partial charge in [-0.15, -0.1) is 0 Å². The standard InChI is InChI=1S/C62H48N2/c1-5-14-49(15-6-1)24-28-53-32-40-57(41-33-53)63(58-42-34-54(35-43-58)29-25-50-16-7-2-8-17-50)61-22-13-23-62(48-61)64(59-44-36-55(37-45-59)30-26-51-18-9-3-10-19-51)60-46-38-56(39-47-60)31-27-52-20-11-4-12-21-52/h1-48H. The average molecular weight is 821 g/mol. The zero-order valence-corrected chi connectivity index (χ0v) is 35.6. The summed E-state index contributed by atoms with van der Waals surface area (Å²) in [6, 6.07) is 85.7. The molecule has 64 heavy (non-hydrogen) atoms. The summed E-state index contributed by atoms with van der Waals surface area (Å²) < 4.78 is 0. The van der Waals surface area contributed by atoms with Crippen molar-refractivity contribution in [2.75, 3.05) is 9.80 Å². The van der Waals surface area contributed by atoms with E-state index in [1.54, 1.807) is 0 Å². The van der Waals surface area contributed by atoms with Crippen LogP contribution in [0.3, 0.4) is 0 Å². The number of nitrogens with zero attached hydrogens (tertiary/aromatic N) is 2. The van der Waals surface area contributed by atoms with Crippen molar-refractivity contribution in [1.82, 2.24) is 0 Å². The summed E-state index contributed by atoms with van der Waals surface area (Å²) >= 11 is 0. The minimum Gasteiger partial charge on any atom is -0.310 e. The summed E-state index contributed by atoms with van der Waals surface area (Å²) in [6.45, 7) is 0. The molecule has 2 nitrogen and oxygen atoms in total. The molecule has 306 valence electrons. The third-order valence-electron chi connectivity index (χ3n) is 11.0. The monoisotopic (exact) mass is 820 g/mol. The van der Waals surface area contributed by atoms with Gasteiger partial charge in [-0.3, -0.25) is 0 Å². The summed E-state index contributed by atoms with van der Waals surface area (Å²) in [5.41, 5.74) is 15.6. The van der Waals surface area contributed by atoms with Crippen molar-refractivity contribution < 1.29 is 0 Å². The second kappa shape index (κ2) is 20.4. The fourth-order valence-electron chi connectivity index (χ4n) is 7.63.